The summed E-state index contributed by atoms with van der Waals surface area (Å²) in [4.78, 5) is 13.3. The summed E-state index contributed by atoms with van der Waals surface area (Å²) in [5.74, 6) is 0.554. The average Bonchev–Trinajstić information content (AvgIpc) is 2.43. The molecule has 0 fully saturated rings. The molecule has 0 saturated carbocycles. The van der Waals surface area contributed by atoms with Crippen LogP contribution in [0.3, 0.4) is 0 Å². The molecule has 4 nitrogen and oxygen atoms in total. The maximum Gasteiger partial charge on any atom is 0.325 e. The minimum absolute atomic E-state index is 0.135. The molecule has 0 bridgehead atoms. The first kappa shape index (κ1) is 14.2. The Labute approximate surface area is 119 Å². The van der Waals surface area contributed by atoms with Crippen LogP contribution in [0.2, 0.25) is 0 Å². The highest BCUT2D eigenvalue weighted by Gasteiger charge is 2.31. The van der Waals surface area contributed by atoms with Crippen molar-refractivity contribution >= 4 is 5.97 Å². The third kappa shape index (κ3) is 3.02. The molecular weight excluding hydrogens is 254 g/mol. The van der Waals surface area contributed by atoms with Crippen LogP contribution < -0.4 is 4.74 Å². The van der Waals surface area contributed by atoms with E-state index in [1.165, 1.54) is 7.11 Å². The zero-order valence-corrected chi connectivity index (χ0v) is 11.8. The number of hydrogen-bond acceptors (Lipinski definition) is 4. The zero-order chi connectivity index (χ0) is 14.5. The fourth-order valence-electron chi connectivity index (χ4n) is 2.29. The van der Waals surface area contributed by atoms with Gasteiger partial charge >= 0.3 is 5.97 Å². The minimum atomic E-state index is -0.252. The Morgan fingerprint density at radius 3 is 2.75 bits per heavy atom. The van der Waals surface area contributed by atoms with Crippen molar-refractivity contribution in [3.05, 3.63) is 54.3 Å². The largest absolute Gasteiger partial charge is 0.485 e. The van der Waals surface area contributed by atoms with Crippen molar-refractivity contribution in [1.29, 1.82) is 0 Å². The Kier molecular flexibility index (Phi) is 4.45. The highest BCUT2D eigenvalue weighted by Crippen LogP contribution is 2.29. The summed E-state index contributed by atoms with van der Waals surface area (Å²) < 4.78 is 10.6. The molecule has 2 rings (SSSR count). The summed E-state index contributed by atoms with van der Waals surface area (Å²) in [6.45, 7) is 6.71. The highest BCUT2D eigenvalue weighted by atomic mass is 16.5. The molecule has 0 spiro atoms. The highest BCUT2D eigenvalue weighted by molar-refractivity contribution is 5.72. The molecule has 1 heterocycles. The van der Waals surface area contributed by atoms with Crippen LogP contribution in [0.25, 0.3) is 0 Å². The first-order chi connectivity index (χ1) is 9.65. The van der Waals surface area contributed by atoms with Crippen LogP contribution in [0.15, 0.2) is 54.3 Å². The molecule has 1 aliphatic rings. The standard InChI is InChI=1S/C16H19NO3/c1-4-13-10-17(11-15(18)19-3)16(13)12(2)20-14-8-6-5-7-9-14/h4-9,12H,1,10-11H2,2-3H3/t12-/m1/s1. The van der Waals surface area contributed by atoms with Crippen molar-refractivity contribution in [3.8, 4) is 5.75 Å². The van der Waals surface area contributed by atoms with E-state index in [0.717, 1.165) is 17.0 Å². The number of methoxy groups -OCH3 is 1. The van der Waals surface area contributed by atoms with Gasteiger partial charge in [-0.05, 0) is 24.6 Å². The molecule has 0 radical (unpaired) electrons. The van der Waals surface area contributed by atoms with Crippen LogP contribution in [0.4, 0.5) is 0 Å². The molecule has 0 aliphatic carbocycles. The number of carbonyl (C=O) groups is 1. The van der Waals surface area contributed by atoms with Crippen molar-refractivity contribution in [3.63, 3.8) is 0 Å². The summed E-state index contributed by atoms with van der Waals surface area (Å²) >= 11 is 0. The van der Waals surface area contributed by atoms with Crippen molar-refractivity contribution in [2.24, 2.45) is 0 Å². The van der Waals surface area contributed by atoms with Crippen LogP contribution in [-0.2, 0) is 9.53 Å². The average molecular weight is 273 g/mol. The van der Waals surface area contributed by atoms with E-state index in [1.807, 2.05) is 48.2 Å². The molecule has 0 amide bonds. The zero-order valence-electron chi connectivity index (χ0n) is 11.8. The van der Waals surface area contributed by atoms with Crippen molar-refractivity contribution in [1.82, 2.24) is 4.90 Å². The molecular formula is C16H19NO3. The SMILES string of the molecule is C=CC1=C([C@@H](C)Oc2ccccc2)N(CC(=O)OC)C1. The van der Waals surface area contributed by atoms with Gasteiger partial charge in [-0.15, -0.1) is 0 Å². The molecule has 1 aromatic carbocycles. The summed E-state index contributed by atoms with van der Waals surface area (Å²) in [6, 6.07) is 9.62. The van der Waals surface area contributed by atoms with Gasteiger partial charge in [0, 0.05) is 6.54 Å². The van der Waals surface area contributed by atoms with Gasteiger partial charge in [0.2, 0.25) is 0 Å². The number of carbonyl (C=O) groups excluding carboxylic acids is 1. The van der Waals surface area contributed by atoms with E-state index in [1.54, 1.807) is 0 Å². The van der Waals surface area contributed by atoms with Crippen LogP contribution in [0.5, 0.6) is 5.75 Å². The molecule has 106 valence electrons. The van der Waals surface area contributed by atoms with Gasteiger partial charge < -0.3 is 14.4 Å². The van der Waals surface area contributed by atoms with E-state index in [4.69, 9.17) is 9.47 Å². The molecule has 0 unspecified atom stereocenters. The van der Waals surface area contributed by atoms with Gasteiger partial charge in [0.05, 0.1) is 12.8 Å². The van der Waals surface area contributed by atoms with Crippen molar-refractivity contribution < 1.29 is 14.3 Å². The number of para-hydroxylation sites is 1. The normalized spacial score (nSPS) is 15.4. The summed E-state index contributed by atoms with van der Waals surface area (Å²) in [6.07, 6.45) is 1.68. The predicted molar refractivity (Wildman–Crippen MR) is 77.3 cm³/mol. The quantitative estimate of drug-likeness (QED) is 0.746. The second-order valence-corrected chi connectivity index (χ2v) is 4.62. The molecule has 0 saturated heterocycles. The Bertz CT molecular complexity index is 522. The third-order valence-corrected chi connectivity index (χ3v) is 3.27. The number of ether oxygens (including phenoxy) is 2. The van der Waals surface area contributed by atoms with Gasteiger partial charge in [-0.25, -0.2) is 0 Å². The topological polar surface area (TPSA) is 38.8 Å². The number of hydrogen-bond donors (Lipinski definition) is 0. The second kappa shape index (κ2) is 6.28. The van der Waals surface area contributed by atoms with Gasteiger partial charge in [0.1, 0.15) is 18.4 Å². The minimum Gasteiger partial charge on any atom is -0.485 e. The third-order valence-electron chi connectivity index (χ3n) is 3.27. The van der Waals surface area contributed by atoms with Gasteiger partial charge in [-0.1, -0.05) is 30.9 Å². The van der Waals surface area contributed by atoms with Gasteiger partial charge in [0.25, 0.3) is 0 Å². The molecule has 1 atom stereocenters. The number of benzene rings is 1. The van der Waals surface area contributed by atoms with Crippen molar-refractivity contribution in [2.45, 2.75) is 13.0 Å². The number of nitrogens with zero attached hydrogens (tertiary/aromatic N) is 1. The maximum absolute atomic E-state index is 11.4. The monoisotopic (exact) mass is 273 g/mol. The Balaban J connectivity index is 2.07. The Morgan fingerprint density at radius 1 is 1.45 bits per heavy atom. The van der Waals surface area contributed by atoms with E-state index < -0.39 is 0 Å². The van der Waals surface area contributed by atoms with E-state index in [-0.39, 0.29) is 18.6 Å². The predicted octanol–water partition coefficient (Wildman–Crippen LogP) is 2.38. The maximum atomic E-state index is 11.4. The van der Waals surface area contributed by atoms with Crippen LogP contribution in [0.1, 0.15) is 6.92 Å². The van der Waals surface area contributed by atoms with Gasteiger partial charge in [-0.2, -0.15) is 0 Å². The lowest BCUT2D eigenvalue weighted by Crippen LogP contribution is -2.45. The Hall–Kier alpha value is -2.23. The summed E-state index contributed by atoms with van der Waals surface area (Å²) in [7, 11) is 1.39. The molecule has 0 N–H and O–H groups in total. The number of esters is 1. The smallest absolute Gasteiger partial charge is 0.325 e. The lowest BCUT2D eigenvalue weighted by atomic mass is 10.00. The molecule has 1 aliphatic heterocycles. The lowest BCUT2D eigenvalue weighted by molar-refractivity contribution is -0.141. The fourth-order valence-corrected chi connectivity index (χ4v) is 2.29. The molecule has 1 aromatic rings. The van der Waals surface area contributed by atoms with Crippen LogP contribution >= 0.6 is 0 Å². The van der Waals surface area contributed by atoms with Crippen LogP contribution in [0, 0.1) is 0 Å². The second-order valence-electron chi connectivity index (χ2n) is 4.62. The van der Waals surface area contributed by atoms with E-state index in [0.29, 0.717) is 6.54 Å². The fraction of sp³-hybridized carbons (Fsp3) is 0.312. The van der Waals surface area contributed by atoms with E-state index in [2.05, 4.69) is 6.58 Å². The van der Waals surface area contributed by atoms with Gasteiger partial charge in [-0.3, -0.25) is 4.79 Å². The van der Waals surface area contributed by atoms with Gasteiger partial charge in [0.15, 0.2) is 0 Å². The van der Waals surface area contributed by atoms with Crippen LogP contribution in [-0.4, -0.2) is 37.2 Å². The molecule has 0 aromatic heterocycles. The first-order valence-electron chi connectivity index (χ1n) is 6.54. The summed E-state index contributed by atoms with van der Waals surface area (Å²) in [5, 5.41) is 0. The molecule has 4 heteroatoms. The lowest BCUT2D eigenvalue weighted by Gasteiger charge is -2.40. The summed E-state index contributed by atoms with van der Waals surface area (Å²) in [5.41, 5.74) is 2.10. The van der Waals surface area contributed by atoms with E-state index in [9.17, 15) is 4.79 Å². The van der Waals surface area contributed by atoms with Crippen molar-refractivity contribution in [2.75, 3.05) is 20.2 Å². The number of rotatable bonds is 6. The Morgan fingerprint density at radius 2 is 2.15 bits per heavy atom. The van der Waals surface area contributed by atoms with E-state index >= 15 is 0 Å². The molecule has 20 heavy (non-hydrogen) atoms. The first-order valence-corrected chi connectivity index (χ1v) is 6.54.